The average molecular weight is 631 g/mol. The maximum Gasteiger partial charge on any atom is 0.356 e. The third-order valence-electron chi connectivity index (χ3n) is 7.01. The zero-order valence-corrected chi connectivity index (χ0v) is 25.6. The molecule has 43 heavy (non-hydrogen) atoms. The van der Waals surface area contributed by atoms with Gasteiger partial charge in [-0.05, 0) is 28.6 Å². The number of thioether (sulfide) groups is 1. The van der Waals surface area contributed by atoms with Gasteiger partial charge in [0.15, 0.2) is 11.2 Å². The number of benzene rings is 2. The lowest BCUT2D eigenvalue weighted by Crippen LogP contribution is -2.71. The Balaban J connectivity index is 1.40. The summed E-state index contributed by atoms with van der Waals surface area (Å²) in [5.74, 6) is -1.18. The van der Waals surface area contributed by atoms with Crippen LogP contribution >= 0.6 is 34.4 Å². The van der Waals surface area contributed by atoms with Crippen molar-refractivity contribution in [1.29, 1.82) is 0 Å². The summed E-state index contributed by atoms with van der Waals surface area (Å²) < 4.78 is 6.24. The first-order valence-electron chi connectivity index (χ1n) is 13.4. The van der Waals surface area contributed by atoms with Gasteiger partial charge in [-0.25, -0.2) is 9.78 Å². The van der Waals surface area contributed by atoms with Crippen LogP contribution in [0, 0.1) is 0 Å². The van der Waals surface area contributed by atoms with Crippen LogP contribution in [-0.2, 0) is 23.9 Å². The summed E-state index contributed by atoms with van der Waals surface area (Å²) in [4.78, 5) is 60.5. The van der Waals surface area contributed by atoms with Crippen molar-refractivity contribution < 1.29 is 23.9 Å². The molecular formula is C31H26N4O5S3. The molecular weight excluding hydrogens is 605 g/mol. The second-order valence-corrected chi connectivity index (χ2v) is 12.9. The van der Waals surface area contributed by atoms with Gasteiger partial charge in [0.25, 0.3) is 5.91 Å². The number of hydrogen-bond acceptors (Lipinski definition) is 9. The minimum atomic E-state index is -0.763. The van der Waals surface area contributed by atoms with Gasteiger partial charge >= 0.3 is 5.97 Å². The molecule has 12 heteroatoms. The van der Waals surface area contributed by atoms with Crippen molar-refractivity contribution in [1.82, 2.24) is 9.88 Å². The SMILES string of the molecule is CC(=O)Nc1ncc(C2=C(C(=O)OC(c3ccccc3)c3ccccc3)N3C(=O)C(N(C(C)=O)c4cccs4)C3SC2)s1. The summed E-state index contributed by atoms with van der Waals surface area (Å²) in [6, 6.07) is 21.7. The first-order valence-corrected chi connectivity index (χ1v) is 16.1. The minimum absolute atomic E-state index is 0.120. The van der Waals surface area contributed by atoms with Crippen molar-refractivity contribution in [2.45, 2.75) is 31.4 Å². The number of fused-ring (bicyclic) bond motifs is 1. The highest BCUT2D eigenvalue weighted by Crippen LogP contribution is 2.48. The molecule has 0 bridgehead atoms. The smallest absolute Gasteiger partial charge is 0.356 e. The van der Waals surface area contributed by atoms with Crippen molar-refractivity contribution in [2.75, 3.05) is 16.0 Å². The Kier molecular flexibility index (Phi) is 8.15. The molecule has 6 rings (SSSR count). The summed E-state index contributed by atoms with van der Waals surface area (Å²) >= 11 is 4.06. The number of ether oxygens (including phenoxy) is 1. The molecule has 1 N–H and O–H groups in total. The molecule has 2 atom stereocenters. The minimum Gasteiger partial charge on any atom is -0.448 e. The van der Waals surface area contributed by atoms with Crippen molar-refractivity contribution in [3.63, 3.8) is 0 Å². The topological polar surface area (TPSA) is 109 Å². The Bertz CT molecular complexity index is 1670. The van der Waals surface area contributed by atoms with E-state index in [1.807, 2.05) is 72.1 Å². The molecule has 1 fully saturated rings. The molecule has 4 aromatic rings. The molecule has 218 valence electrons. The Hall–Kier alpha value is -4.26. The Morgan fingerprint density at radius 1 is 1.00 bits per heavy atom. The van der Waals surface area contributed by atoms with Gasteiger partial charge in [-0.15, -0.1) is 23.1 Å². The molecule has 0 radical (unpaired) electrons. The van der Waals surface area contributed by atoms with Crippen molar-refractivity contribution >= 4 is 73.8 Å². The third-order valence-corrected chi connectivity index (χ3v) is 10.1. The highest BCUT2D eigenvalue weighted by Gasteiger charge is 2.57. The van der Waals surface area contributed by atoms with Crippen LogP contribution in [0.25, 0.3) is 5.57 Å². The van der Waals surface area contributed by atoms with Gasteiger partial charge < -0.3 is 10.1 Å². The van der Waals surface area contributed by atoms with Crippen LogP contribution in [0.15, 0.2) is 90.1 Å². The zero-order valence-electron chi connectivity index (χ0n) is 23.1. The van der Waals surface area contributed by atoms with E-state index in [4.69, 9.17) is 4.74 Å². The van der Waals surface area contributed by atoms with Gasteiger partial charge in [0.2, 0.25) is 11.8 Å². The van der Waals surface area contributed by atoms with Crippen LogP contribution in [0.2, 0.25) is 0 Å². The maximum atomic E-state index is 14.3. The van der Waals surface area contributed by atoms with Gasteiger partial charge in [0.05, 0.1) is 9.88 Å². The fourth-order valence-electron chi connectivity index (χ4n) is 5.15. The quantitative estimate of drug-likeness (QED) is 0.201. The van der Waals surface area contributed by atoms with E-state index in [0.29, 0.717) is 26.3 Å². The maximum absolute atomic E-state index is 14.3. The predicted molar refractivity (Wildman–Crippen MR) is 169 cm³/mol. The largest absolute Gasteiger partial charge is 0.448 e. The van der Waals surface area contributed by atoms with Crippen molar-refractivity contribution in [3.8, 4) is 0 Å². The lowest BCUT2D eigenvalue weighted by atomic mass is 9.99. The number of anilines is 2. The van der Waals surface area contributed by atoms with Crippen molar-refractivity contribution in [3.05, 3.63) is 106 Å². The number of esters is 1. The molecule has 1 saturated heterocycles. The van der Waals surface area contributed by atoms with Gasteiger partial charge in [-0.2, -0.15) is 0 Å². The Morgan fingerprint density at radius 2 is 1.67 bits per heavy atom. The van der Waals surface area contributed by atoms with Crippen LogP contribution in [0.3, 0.4) is 0 Å². The number of amides is 3. The predicted octanol–water partition coefficient (Wildman–Crippen LogP) is 5.54. The summed E-state index contributed by atoms with van der Waals surface area (Å²) in [7, 11) is 0. The number of carbonyl (C=O) groups is 4. The van der Waals surface area contributed by atoms with Crippen LogP contribution in [0.1, 0.15) is 36.0 Å². The Morgan fingerprint density at radius 3 is 2.26 bits per heavy atom. The number of hydrogen-bond donors (Lipinski definition) is 1. The van der Waals surface area contributed by atoms with Gasteiger partial charge in [-0.1, -0.05) is 72.0 Å². The lowest BCUT2D eigenvalue weighted by Gasteiger charge is -2.52. The number of thiazole rings is 1. The van der Waals surface area contributed by atoms with Crippen molar-refractivity contribution in [2.24, 2.45) is 0 Å². The highest BCUT2D eigenvalue weighted by molar-refractivity contribution is 8.00. The Labute approximate surface area is 260 Å². The number of carbonyl (C=O) groups excluding carboxylic acids is 4. The standard InChI is InChI=1S/C31H26N4O5S3/c1-18(36)33-31-32-16-23(43-31)22-17-42-29-26(34(19(2)37)24-14-9-15-41-24)28(38)35(29)25(22)30(39)40-27(20-10-5-3-6-11-20)21-12-7-4-8-13-21/h3-16,26-27,29H,17H2,1-2H3,(H,32,33,36). The number of rotatable bonds is 8. The number of aromatic nitrogens is 1. The van der Waals surface area contributed by atoms with Crippen LogP contribution in [0.5, 0.6) is 0 Å². The van der Waals surface area contributed by atoms with E-state index in [1.54, 1.807) is 12.3 Å². The number of nitrogens with zero attached hydrogens (tertiary/aromatic N) is 3. The van der Waals surface area contributed by atoms with Gasteiger partial charge in [0.1, 0.15) is 17.1 Å². The van der Waals surface area contributed by atoms with Crippen LogP contribution < -0.4 is 10.2 Å². The summed E-state index contributed by atoms with van der Waals surface area (Å²) in [5.41, 5.74) is 2.27. The molecule has 2 aromatic carbocycles. The lowest BCUT2D eigenvalue weighted by molar-refractivity contribution is -0.153. The number of β-lactam (4-membered cyclic amide) rings is 1. The third kappa shape index (κ3) is 5.61. The molecule has 4 heterocycles. The van der Waals surface area contributed by atoms with E-state index >= 15 is 0 Å². The number of thiophene rings is 1. The van der Waals surface area contributed by atoms with Crippen LogP contribution in [-0.4, -0.2) is 50.7 Å². The molecule has 2 aliphatic rings. The molecule has 2 aromatic heterocycles. The second-order valence-electron chi connectivity index (χ2n) is 9.84. The normalized spacial score (nSPS) is 17.7. The molecule has 0 aliphatic carbocycles. The van der Waals surface area contributed by atoms with Gasteiger partial charge in [-0.3, -0.25) is 24.2 Å². The first kappa shape index (κ1) is 28.8. The van der Waals surface area contributed by atoms with Gasteiger partial charge in [0, 0.05) is 31.4 Å². The molecule has 0 saturated carbocycles. The molecule has 2 unspecified atom stereocenters. The fraction of sp³-hybridized carbons (Fsp3) is 0.194. The molecule has 2 aliphatic heterocycles. The molecule has 3 amide bonds. The van der Waals surface area contributed by atoms with E-state index < -0.39 is 23.5 Å². The zero-order chi connectivity index (χ0) is 30.1. The first-order chi connectivity index (χ1) is 20.8. The second kappa shape index (κ2) is 12.2. The van der Waals surface area contributed by atoms with Crippen LogP contribution in [0.4, 0.5) is 10.1 Å². The highest BCUT2D eigenvalue weighted by atomic mass is 32.2. The molecule has 0 spiro atoms. The molecule has 9 nitrogen and oxygen atoms in total. The van der Waals surface area contributed by atoms with E-state index in [2.05, 4.69) is 10.3 Å². The fourth-order valence-corrected chi connectivity index (χ4v) is 8.36. The van der Waals surface area contributed by atoms with E-state index in [1.165, 1.54) is 58.1 Å². The summed E-state index contributed by atoms with van der Waals surface area (Å²) in [5, 5.41) is 5.09. The average Bonchev–Trinajstić information content (AvgIpc) is 3.71. The monoisotopic (exact) mass is 630 g/mol. The van der Waals surface area contributed by atoms with E-state index in [-0.39, 0.29) is 23.4 Å². The number of nitrogens with one attached hydrogen (secondary N) is 1. The summed E-state index contributed by atoms with van der Waals surface area (Å²) in [6.07, 6.45) is 0.862. The van der Waals surface area contributed by atoms with E-state index in [9.17, 15) is 19.2 Å². The van der Waals surface area contributed by atoms with E-state index in [0.717, 1.165) is 11.1 Å². The summed E-state index contributed by atoms with van der Waals surface area (Å²) in [6.45, 7) is 2.83.